The average molecular weight is 278 g/mol. The molecule has 0 heterocycles. The second-order valence-corrected chi connectivity index (χ2v) is 3.66. The Labute approximate surface area is 126 Å². The molecule has 3 N–H and O–H groups in total. The normalized spacial score (nSPS) is 10.9. The standard InChI is InChI=1S/C12H13NO5.Mg.2H/c14-10(15)7-6-9(12(17)18)13-11(16)8-4-2-1-3-5-8;;;/h1-5,9H,6-7H2,(H,13,16)(H,14,15)(H,17,18);;;. The predicted molar refractivity (Wildman–Crippen MR) is 70.7 cm³/mol. The number of hydrogen-bond acceptors (Lipinski definition) is 3. The summed E-state index contributed by atoms with van der Waals surface area (Å²) >= 11 is 0. The minimum atomic E-state index is -1.25. The number of carbonyl (C=O) groups excluding carboxylic acids is 1. The molecule has 1 aromatic rings. The molecule has 0 aromatic heterocycles. The molecule has 1 atom stereocenters. The van der Waals surface area contributed by atoms with Gasteiger partial charge in [0.05, 0.1) is 0 Å². The summed E-state index contributed by atoms with van der Waals surface area (Å²) in [5, 5.41) is 19.7. The molecule has 19 heavy (non-hydrogen) atoms. The third kappa shape index (κ3) is 6.21. The van der Waals surface area contributed by atoms with Crippen molar-refractivity contribution in [3.05, 3.63) is 35.9 Å². The lowest BCUT2D eigenvalue weighted by atomic mass is 10.1. The molecule has 0 spiro atoms. The number of amides is 1. The van der Waals surface area contributed by atoms with Gasteiger partial charge in [0.1, 0.15) is 6.04 Å². The van der Waals surface area contributed by atoms with Crippen LogP contribution in [0.4, 0.5) is 0 Å². The van der Waals surface area contributed by atoms with Gasteiger partial charge in [0.25, 0.3) is 5.91 Å². The summed E-state index contributed by atoms with van der Waals surface area (Å²) in [5.41, 5.74) is 0.332. The number of aliphatic carboxylic acids is 2. The van der Waals surface area contributed by atoms with Gasteiger partial charge in [0.15, 0.2) is 0 Å². The third-order valence-corrected chi connectivity index (χ3v) is 2.29. The first-order valence-corrected chi connectivity index (χ1v) is 5.31. The Morgan fingerprint density at radius 1 is 1.11 bits per heavy atom. The zero-order valence-corrected chi connectivity index (χ0v) is 9.50. The summed E-state index contributed by atoms with van der Waals surface area (Å²) in [6.45, 7) is 0. The van der Waals surface area contributed by atoms with Gasteiger partial charge in [-0.15, -0.1) is 0 Å². The van der Waals surface area contributed by atoms with Crippen LogP contribution in [0.15, 0.2) is 30.3 Å². The maximum absolute atomic E-state index is 11.7. The first kappa shape index (κ1) is 17.4. The molecule has 1 aromatic carbocycles. The van der Waals surface area contributed by atoms with Crippen LogP contribution in [0.1, 0.15) is 23.2 Å². The van der Waals surface area contributed by atoms with Gasteiger partial charge in [-0.25, -0.2) is 4.79 Å². The second kappa shape index (κ2) is 8.49. The summed E-state index contributed by atoms with van der Waals surface area (Å²) in [6, 6.07) is 6.94. The lowest BCUT2D eigenvalue weighted by Gasteiger charge is -2.13. The van der Waals surface area contributed by atoms with Crippen molar-refractivity contribution >= 4 is 40.9 Å². The van der Waals surface area contributed by atoms with Crippen LogP contribution in [0.25, 0.3) is 0 Å². The molecule has 0 bridgehead atoms. The molecule has 1 rings (SSSR count). The SMILES string of the molecule is O=C(O)CCC(NC(=O)c1ccccc1)C(=O)O.[MgH2]. The smallest absolute Gasteiger partial charge is 0.326 e. The molecule has 0 fully saturated rings. The lowest BCUT2D eigenvalue weighted by molar-refractivity contribution is -0.140. The Hall–Kier alpha value is -1.60. The molecule has 1 amide bonds. The van der Waals surface area contributed by atoms with Crippen LogP contribution in [0.3, 0.4) is 0 Å². The minimum absolute atomic E-state index is 0. The van der Waals surface area contributed by atoms with Gasteiger partial charge >= 0.3 is 35.0 Å². The third-order valence-electron chi connectivity index (χ3n) is 2.29. The van der Waals surface area contributed by atoms with Crippen molar-refractivity contribution in [1.82, 2.24) is 5.32 Å². The monoisotopic (exact) mass is 277 g/mol. The quantitative estimate of drug-likeness (QED) is 0.626. The Kier molecular flexibility index (Phi) is 7.77. The maximum atomic E-state index is 11.7. The van der Waals surface area contributed by atoms with E-state index in [9.17, 15) is 14.4 Å². The van der Waals surface area contributed by atoms with Gasteiger partial charge in [-0.2, -0.15) is 0 Å². The zero-order valence-electron chi connectivity index (χ0n) is 9.50. The van der Waals surface area contributed by atoms with E-state index in [0.717, 1.165) is 0 Å². The van der Waals surface area contributed by atoms with Crippen LogP contribution >= 0.6 is 0 Å². The summed E-state index contributed by atoms with van der Waals surface area (Å²) in [5.74, 6) is -2.89. The highest BCUT2D eigenvalue weighted by atomic mass is 24.3. The highest BCUT2D eigenvalue weighted by Crippen LogP contribution is 2.02. The Balaban J connectivity index is 0.00000324. The van der Waals surface area contributed by atoms with E-state index >= 15 is 0 Å². The van der Waals surface area contributed by atoms with Crippen molar-refractivity contribution in [2.24, 2.45) is 0 Å². The predicted octanol–water partition coefficient (Wildman–Crippen LogP) is -0.182. The van der Waals surface area contributed by atoms with E-state index in [4.69, 9.17) is 10.2 Å². The fourth-order valence-corrected chi connectivity index (χ4v) is 1.36. The molecular weight excluding hydrogens is 262 g/mol. The summed E-state index contributed by atoms with van der Waals surface area (Å²) in [6.07, 6.45) is -0.463. The molecule has 0 aliphatic heterocycles. The molecule has 0 aliphatic rings. The van der Waals surface area contributed by atoms with E-state index in [1.807, 2.05) is 0 Å². The van der Waals surface area contributed by atoms with Crippen molar-refractivity contribution in [2.75, 3.05) is 0 Å². The first-order valence-electron chi connectivity index (χ1n) is 5.31. The van der Waals surface area contributed by atoms with Crippen LogP contribution < -0.4 is 5.32 Å². The fraction of sp³-hybridized carbons (Fsp3) is 0.250. The van der Waals surface area contributed by atoms with Gasteiger partial charge in [0, 0.05) is 12.0 Å². The highest BCUT2D eigenvalue weighted by Gasteiger charge is 2.21. The molecule has 6 nitrogen and oxygen atoms in total. The number of carboxylic acids is 2. The largest absolute Gasteiger partial charge is 0.481 e. The van der Waals surface area contributed by atoms with E-state index in [1.54, 1.807) is 30.3 Å². The number of hydrogen-bond donors (Lipinski definition) is 3. The topological polar surface area (TPSA) is 104 Å². The minimum Gasteiger partial charge on any atom is -0.481 e. The Morgan fingerprint density at radius 3 is 2.16 bits per heavy atom. The van der Waals surface area contributed by atoms with Gasteiger partial charge in [-0.05, 0) is 18.6 Å². The van der Waals surface area contributed by atoms with Crippen molar-refractivity contribution in [3.8, 4) is 0 Å². The number of benzene rings is 1. The molecule has 0 saturated carbocycles. The lowest BCUT2D eigenvalue weighted by Crippen LogP contribution is -2.41. The molecule has 7 heteroatoms. The zero-order chi connectivity index (χ0) is 13.5. The van der Waals surface area contributed by atoms with Crippen molar-refractivity contribution in [2.45, 2.75) is 18.9 Å². The van der Waals surface area contributed by atoms with Crippen molar-refractivity contribution in [3.63, 3.8) is 0 Å². The van der Waals surface area contributed by atoms with Crippen LogP contribution in [0.2, 0.25) is 0 Å². The van der Waals surface area contributed by atoms with Crippen LogP contribution in [-0.2, 0) is 9.59 Å². The van der Waals surface area contributed by atoms with Gasteiger partial charge in [0.2, 0.25) is 0 Å². The van der Waals surface area contributed by atoms with Crippen LogP contribution in [0, 0.1) is 0 Å². The van der Waals surface area contributed by atoms with E-state index in [2.05, 4.69) is 5.32 Å². The van der Waals surface area contributed by atoms with E-state index < -0.39 is 23.9 Å². The number of carboxylic acid groups (broad SMARTS) is 2. The number of rotatable bonds is 6. The number of nitrogens with one attached hydrogen (secondary N) is 1. The molecule has 0 aliphatic carbocycles. The van der Waals surface area contributed by atoms with E-state index in [1.165, 1.54) is 0 Å². The van der Waals surface area contributed by atoms with Crippen LogP contribution in [0.5, 0.6) is 0 Å². The van der Waals surface area contributed by atoms with Crippen molar-refractivity contribution < 1.29 is 24.6 Å². The molecule has 1 unspecified atom stereocenters. The van der Waals surface area contributed by atoms with Crippen LogP contribution in [-0.4, -0.2) is 57.2 Å². The molecular formula is C12H15MgNO5. The second-order valence-electron chi connectivity index (χ2n) is 3.66. The van der Waals surface area contributed by atoms with Gasteiger partial charge in [-0.3, -0.25) is 9.59 Å². The molecule has 0 saturated heterocycles. The number of carbonyl (C=O) groups is 3. The first-order chi connectivity index (χ1) is 8.50. The fourth-order valence-electron chi connectivity index (χ4n) is 1.36. The van der Waals surface area contributed by atoms with Gasteiger partial charge < -0.3 is 15.5 Å². The van der Waals surface area contributed by atoms with Gasteiger partial charge in [-0.1, -0.05) is 18.2 Å². The van der Waals surface area contributed by atoms with E-state index in [0.29, 0.717) is 5.56 Å². The average Bonchev–Trinajstić information content (AvgIpc) is 2.34. The Bertz CT molecular complexity index is 449. The Morgan fingerprint density at radius 2 is 1.68 bits per heavy atom. The molecule has 0 radical (unpaired) electrons. The summed E-state index contributed by atoms with van der Waals surface area (Å²) in [4.78, 5) is 32.9. The van der Waals surface area contributed by atoms with E-state index in [-0.39, 0.29) is 35.9 Å². The maximum Gasteiger partial charge on any atom is 0.326 e. The summed E-state index contributed by atoms with van der Waals surface area (Å²) in [7, 11) is 0. The van der Waals surface area contributed by atoms with Crippen molar-refractivity contribution in [1.29, 1.82) is 0 Å². The summed E-state index contributed by atoms with van der Waals surface area (Å²) < 4.78 is 0. The molecule has 100 valence electrons. The highest BCUT2D eigenvalue weighted by molar-refractivity contribution is 5.96.